The molecule has 132 valence electrons. The molecule has 1 amide bonds. The Kier molecular flexibility index (Phi) is 5.27. The second-order valence-corrected chi connectivity index (χ2v) is 7.91. The molecule has 0 unspecified atom stereocenters. The van der Waals surface area contributed by atoms with Crippen LogP contribution < -0.4 is 5.32 Å². The third kappa shape index (κ3) is 3.95. The molecule has 0 aromatic heterocycles. The van der Waals surface area contributed by atoms with E-state index >= 15 is 0 Å². The lowest BCUT2D eigenvalue weighted by Gasteiger charge is -2.44. The third-order valence-electron chi connectivity index (χ3n) is 5.74. The molecule has 1 aliphatic rings. The first-order valence-electron chi connectivity index (χ1n) is 9.47. The minimum atomic E-state index is -0.0956. The highest BCUT2D eigenvalue weighted by atomic mass is 16.1. The highest BCUT2D eigenvalue weighted by Crippen LogP contribution is 2.38. The number of carbonyl (C=O) groups excluding carboxylic acids is 1. The largest absolute Gasteiger partial charge is 0.347 e. The number of nitrogens with one attached hydrogen (secondary N) is 1. The highest BCUT2D eigenvalue weighted by Gasteiger charge is 2.39. The summed E-state index contributed by atoms with van der Waals surface area (Å²) >= 11 is 0. The van der Waals surface area contributed by atoms with Crippen molar-refractivity contribution in [3.63, 3.8) is 0 Å². The van der Waals surface area contributed by atoms with Gasteiger partial charge >= 0.3 is 0 Å². The first-order valence-corrected chi connectivity index (χ1v) is 9.47. The molecular formula is C23H29NO. The summed E-state index contributed by atoms with van der Waals surface area (Å²) in [5, 5.41) is 3.36. The molecule has 2 heteroatoms. The van der Waals surface area contributed by atoms with Gasteiger partial charge in [-0.3, -0.25) is 4.79 Å². The van der Waals surface area contributed by atoms with E-state index in [9.17, 15) is 4.79 Å². The molecule has 3 rings (SSSR count). The van der Waals surface area contributed by atoms with Crippen molar-refractivity contribution in [1.29, 1.82) is 0 Å². The van der Waals surface area contributed by atoms with Crippen LogP contribution in [0.1, 0.15) is 56.8 Å². The van der Waals surface area contributed by atoms with Gasteiger partial charge in [-0.1, -0.05) is 69.2 Å². The lowest BCUT2D eigenvalue weighted by atomic mass is 9.69. The number of rotatable bonds is 4. The molecule has 2 atom stereocenters. The molecule has 1 saturated carbocycles. The van der Waals surface area contributed by atoms with Gasteiger partial charge in [0.2, 0.25) is 0 Å². The Morgan fingerprint density at radius 2 is 1.64 bits per heavy atom. The lowest BCUT2D eigenvalue weighted by Crippen LogP contribution is -2.54. The van der Waals surface area contributed by atoms with E-state index in [0.717, 1.165) is 17.5 Å². The van der Waals surface area contributed by atoms with E-state index in [1.165, 1.54) is 24.8 Å². The van der Waals surface area contributed by atoms with Crippen LogP contribution in [0, 0.1) is 11.8 Å². The lowest BCUT2D eigenvalue weighted by molar-refractivity contribution is 0.0747. The van der Waals surface area contributed by atoms with Gasteiger partial charge in [-0.2, -0.15) is 0 Å². The second kappa shape index (κ2) is 7.43. The topological polar surface area (TPSA) is 29.1 Å². The number of amides is 1. The van der Waals surface area contributed by atoms with Gasteiger partial charge in [0.25, 0.3) is 5.91 Å². The zero-order valence-electron chi connectivity index (χ0n) is 15.6. The van der Waals surface area contributed by atoms with Gasteiger partial charge in [-0.25, -0.2) is 0 Å². The van der Waals surface area contributed by atoms with Crippen LogP contribution in [-0.4, -0.2) is 11.4 Å². The van der Waals surface area contributed by atoms with Crippen molar-refractivity contribution < 1.29 is 4.79 Å². The van der Waals surface area contributed by atoms with Crippen LogP contribution in [0.25, 0.3) is 11.1 Å². The maximum absolute atomic E-state index is 12.8. The number of hydrogen-bond acceptors (Lipinski definition) is 1. The molecule has 2 nitrogen and oxygen atoms in total. The van der Waals surface area contributed by atoms with E-state index in [1.807, 2.05) is 42.5 Å². The fourth-order valence-corrected chi connectivity index (χ4v) is 4.36. The Bertz CT molecular complexity index is 705. The van der Waals surface area contributed by atoms with Crippen LogP contribution in [0.2, 0.25) is 0 Å². The van der Waals surface area contributed by atoms with Crippen molar-refractivity contribution in [3.8, 4) is 11.1 Å². The first-order chi connectivity index (χ1) is 12.0. The van der Waals surface area contributed by atoms with Crippen LogP contribution >= 0.6 is 0 Å². The highest BCUT2D eigenvalue weighted by molar-refractivity contribution is 5.95. The van der Waals surface area contributed by atoms with Gasteiger partial charge in [0.15, 0.2) is 0 Å². The minimum Gasteiger partial charge on any atom is -0.347 e. The van der Waals surface area contributed by atoms with Gasteiger partial charge in [-0.05, 0) is 54.9 Å². The maximum Gasteiger partial charge on any atom is 0.251 e. The first kappa shape index (κ1) is 17.7. The van der Waals surface area contributed by atoms with E-state index in [4.69, 9.17) is 0 Å². The monoisotopic (exact) mass is 335 g/mol. The quantitative estimate of drug-likeness (QED) is 0.764. The van der Waals surface area contributed by atoms with Crippen LogP contribution in [0.5, 0.6) is 0 Å². The smallest absolute Gasteiger partial charge is 0.251 e. The number of hydrogen-bond donors (Lipinski definition) is 1. The molecule has 0 aliphatic heterocycles. The van der Waals surface area contributed by atoms with Gasteiger partial charge < -0.3 is 5.32 Å². The third-order valence-corrected chi connectivity index (χ3v) is 5.74. The number of benzene rings is 2. The zero-order valence-corrected chi connectivity index (χ0v) is 15.6. The molecule has 25 heavy (non-hydrogen) atoms. The van der Waals surface area contributed by atoms with Gasteiger partial charge in [0.1, 0.15) is 0 Å². The molecule has 0 bridgehead atoms. The molecule has 1 fully saturated rings. The molecule has 2 aromatic rings. The fraction of sp³-hybridized carbons (Fsp3) is 0.435. The Morgan fingerprint density at radius 1 is 1.00 bits per heavy atom. The zero-order chi connectivity index (χ0) is 17.9. The van der Waals surface area contributed by atoms with Crippen molar-refractivity contribution >= 4 is 5.91 Å². The average molecular weight is 335 g/mol. The van der Waals surface area contributed by atoms with E-state index < -0.39 is 0 Å². The average Bonchev–Trinajstić information content (AvgIpc) is 2.62. The second-order valence-electron chi connectivity index (χ2n) is 7.91. The molecule has 1 aliphatic carbocycles. The molecule has 0 saturated heterocycles. The molecule has 0 spiro atoms. The molecule has 0 heterocycles. The van der Waals surface area contributed by atoms with Crippen LogP contribution in [0.4, 0.5) is 0 Å². The summed E-state index contributed by atoms with van der Waals surface area (Å²) in [7, 11) is 0. The summed E-state index contributed by atoms with van der Waals surface area (Å²) in [6.45, 7) is 6.77. The Balaban J connectivity index is 1.74. The molecule has 0 radical (unpaired) electrons. The van der Waals surface area contributed by atoms with E-state index in [-0.39, 0.29) is 11.4 Å². The number of carbonyl (C=O) groups is 1. The summed E-state index contributed by atoms with van der Waals surface area (Å²) in [6, 6.07) is 18.2. The minimum absolute atomic E-state index is 0.0506. The van der Waals surface area contributed by atoms with Gasteiger partial charge in [0.05, 0.1) is 0 Å². The van der Waals surface area contributed by atoms with Crippen molar-refractivity contribution in [2.45, 2.75) is 52.0 Å². The summed E-state index contributed by atoms with van der Waals surface area (Å²) < 4.78 is 0. The summed E-state index contributed by atoms with van der Waals surface area (Å²) in [4.78, 5) is 12.8. The van der Waals surface area contributed by atoms with Crippen molar-refractivity contribution in [2.75, 3.05) is 0 Å². The molecule has 2 aromatic carbocycles. The summed E-state index contributed by atoms with van der Waals surface area (Å²) in [5.74, 6) is 1.19. The van der Waals surface area contributed by atoms with E-state index in [0.29, 0.717) is 11.8 Å². The fourth-order valence-electron chi connectivity index (χ4n) is 4.36. The van der Waals surface area contributed by atoms with Gasteiger partial charge in [-0.15, -0.1) is 0 Å². The molecular weight excluding hydrogens is 306 g/mol. The van der Waals surface area contributed by atoms with E-state index in [1.54, 1.807) is 0 Å². The summed E-state index contributed by atoms with van der Waals surface area (Å²) in [5.41, 5.74) is 2.96. The van der Waals surface area contributed by atoms with Crippen molar-refractivity contribution in [3.05, 3.63) is 60.2 Å². The van der Waals surface area contributed by atoms with Gasteiger partial charge in [0, 0.05) is 11.1 Å². The van der Waals surface area contributed by atoms with E-state index in [2.05, 4.69) is 38.2 Å². The Hall–Kier alpha value is -2.09. The SMILES string of the molecule is CC(C)[C@@H]1CCCC[C@@]1(C)NC(=O)c1ccc(-c2ccccc2)cc1. The van der Waals surface area contributed by atoms with Crippen LogP contribution in [0.15, 0.2) is 54.6 Å². The predicted molar refractivity (Wildman–Crippen MR) is 105 cm³/mol. The standard InChI is InChI=1S/C23H29NO/c1-17(2)21-11-7-8-16-23(21,3)24-22(25)20-14-12-19(13-15-20)18-9-5-4-6-10-18/h4-6,9-10,12-15,17,21H,7-8,11,16H2,1-3H3,(H,24,25)/t21-,23+/m0/s1. The van der Waals surface area contributed by atoms with Crippen molar-refractivity contribution in [2.24, 2.45) is 11.8 Å². The predicted octanol–water partition coefficient (Wildman–Crippen LogP) is 5.69. The maximum atomic E-state index is 12.8. The Morgan fingerprint density at radius 3 is 2.28 bits per heavy atom. The summed E-state index contributed by atoms with van der Waals surface area (Å²) in [6.07, 6.45) is 4.76. The van der Waals surface area contributed by atoms with Crippen molar-refractivity contribution in [1.82, 2.24) is 5.32 Å². The molecule has 1 N–H and O–H groups in total. The Labute approximate surface area is 151 Å². The normalized spacial score (nSPS) is 23.4. The van der Waals surface area contributed by atoms with Crippen LogP contribution in [-0.2, 0) is 0 Å². The van der Waals surface area contributed by atoms with Crippen LogP contribution in [0.3, 0.4) is 0 Å².